The number of aliphatic hydroxyl groups excluding tert-OH is 5. The van der Waals surface area contributed by atoms with Gasteiger partial charge in [0.15, 0.2) is 12.3 Å². The first-order valence-corrected chi connectivity index (χ1v) is 9.26. The van der Waals surface area contributed by atoms with Crippen LogP contribution in [0.5, 0.6) is 0 Å². The number of carboxylic acid groups (broad SMARTS) is 1. The second-order valence-corrected chi connectivity index (χ2v) is 8.13. The standard InChI is InChI=1S/C17H27NO11/c1-5(20)18-7-8(21)12(6(4-19)27-15(7)18)29-17(2,3)14-11(24)9(22)10(23)13(28-14)16(25)26/h6-15,19,21-24H,4H2,1-3H3,(H,25,26). The molecule has 3 saturated heterocycles. The molecular formula is C17H27NO11. The van der Waals surface area contributed by atoms with Gasteiger partial charge in [-0.05, 0) is 13.8 Å². The number of amides is 1. The summed E-state index contributed by atoms with van der Waals surface area (Å²) in [7, 11) is 0. The van der Waals surface area contributed by atoms with E-state index in [1.807, 2.05) is 0 Å². The molecule has 0 aromatic rings. The fourth-order valence-electron chi connectivity index (χ4n) is 4.13. The van der Waals surface area contributed by atoms with Crippen molar-refractivity contribution < 1.29 is 54.4 Å². The normalized spacial score (nSPS) is 44.9. The van der Waals surface area contributed by atoms with Gasteiger partial charge in [-0.15, -0.1) is 0 Å². The van der Waals surface area contributed by atoms with Gasteiger partial charge >= 0.3 is 5.97 Å². The minimum atomic E-state index is -1.85. The zero-order chi connectivity index (χ0) is 21.8. The Morgan fingerprint density at radius 2 is 1.66 bits per heavy atom. The van der Waals surface area contributed by atoms with Gasteiger partial charge in [-0.1, -0.05) is 0 Å². The molecule has 0 bridgehead atoms. The van der Waals surface area contributed by atoms with Crippen LogP contribution in [0, 0.1) is 0 Å². The van der Waals surface area contributed by atoms with Crippen LogP contribution in [0.2, 0.25) is 0 Å². The lowest BCUT2D eigenvalue weighted by atomic mass is 9.86. The smallest absolute Gasteiger partial charge is 0.335 e. The number of aliphatic hydroxyl groups is 5. The Labute approximate surface area is 166 Å². The number of carboxylic acids is 1. The first-order valence-electron chi connectivity index (χ1n) is 9.26. The van der Waals surface area contributed by atoms with Crippen LogP contribution >= 0.6 is 0 Å². The molecule has 3 heterocycles. The van der Waals surface area contributed by atoms with Crippen molar-refractivity contribution in [1.82, 2.24) is 4.90 Å². The lowest BCUT2D eigenvalue weighted by Gasteiger charge is -2.47. The van der Waals surface area contributed by atoms with E-state index in [2.05, 4.69) is 0 Å². The van der Waals surface area contributed by atoms with Crippen LogP contribution in [-0.2, 0) is 23.8 Å². The minimum Gasteiger partial charge on any atom is -0.479 e. The molecule has 10 unspecified atom stereocenters. The monoisotopic (exact) mass is 421 g/mol. The highest BCUT2D eigenvalue weighted by Gasteiger charge is 2.64. The number of carbonyl (C=O) groups excluding carboxylic acids is 1. The van der Waals surface area contributed by atoms with E-state index in [1.165, 1.54) is 25.7 Å². The fraction of sp³-hybridized carbons (Fsp3) is 0.882. The molecule has 0 radical (unpaired) electrons. The van der Waals surface area contributed by atoms with Crippen LogP contribution in [-0.4, -0.2) is 121 Å². The first kappa shape index (κ1) is 22.3. The van der Waals surface area contributed by atoms with Gasteiger partial charge in [0, 0.05) is 6.92 Å². The van der Waals surface area contributed by atoms with Gasteiger partial charge in [0.25, 0.3) is 0 Å². The Morgan fingerprint density at radius 3 is 2.17 bits per heavy atom. The zero-order valence-electron chi connectivity index (χ0n) is 16.2. The third kappa shape index (κ3) is 3.75. The molecule has 12 nitrogen and oxygen atoms in total. The molecule has 29 heavy (non-hydrogen) atoms. The van der Waals surface area contributed by atoms with Gasteiger partial charge in [-0.2, -0.15) is 0 Å². The van der Waals surface area contributed by atoms with Gasteiger partial charge < -0.3 is 49.7 Å². The van der Waals surface area contributed by atoms with Gasteiger partial charge in [0.1, 0.15) is 48.8 Å². The molecule has 0 spiro atoms. The summed E-state index contributed by atoms with van der Waals surface area (Å²) in [5.74, 6) is -1.85. The van der Waals surface area contributed by atoms with Crippen LogP contribution in [0.25, 0.3) is 0 Å². The summed E-state index contributed by atoms with van der Waals surface area (Å²) in [5.41, 5.74) is -1.49. The van der Waals surface area contributed by atoms with Crippen LogP contribution in [0.1, 0.15) is 20.8 Å². The molecule has 3 aliphatic heterocycles. The van der Waals surface area contributed by atoms with Gasteiger partial charge in [0.05, 0.1) is 12.2 Å². The third-order valence-electron chi connectivity index (χ3n) is 5.69. The summed E-state index contributed by atoms with van der Waals surface area (Å²) < 4.78 is 16.8. The molecule has 0 saturated carbocycles. The highest BCUT2D eigenvalue weighted by atomic mass is 16.6. The number of ether oxygens (including phenoxy) is 3. The maximum absolute atomic E-state index is 11.6. The van der Waals surface area contributed by atoms with Crippen molar-refractivity contribution in [2.45, 2.75) is 87.5 Å². The molecule has 0 aromatic heterocycles. The Hall–Kier alpha value is -1.38. The second kappa shape index (κ2) is 7.71. The van der Waals surface area contributed by atoms with Gasteiger partial charge in [-0.3, -0.25) is 4.79 Å². The second-order valence-electron chi connectivity index (χ2n) is 8.13. The summed E-state index contributed by atoms with van der Waals surface area (Å²) in [5, 5.41) is 59.7. The molecule has 0 aliphatic carbocycles. The number of nitrogens with zero attached hydrogens (tertiary/aromatic N) is 1. The van der Waals surface area contributed by atoms with Crippen LogP contribution in [0.4, 0.5) is 0 Å². The molecular weight excluding hydrogens is 394 g/mol. The number of hydrogen-bond acceptors (Lipinski definition) is 10. The minimum absolute atomic E-state index is 0.317. The lowest BCUT2D eigenvalue weighted by molar-refractivity contribution is -0.288. The summed E-state index contributed by atoms with van der Waals surface area (Å²) >= 11 is 0. The van der Waals surface area contributed by atoms with Crippen LogP contribution in [0.3, 0.4) is 0 Å². The van der Waals surface area contributed by atoms with Gasteiger partial charge in [-0.25, -0.2) is 4.79 Å². The van der Waals surface area contributed by atoms with Gasteiger partial charge in [0.2, 0.25) is 5.91 Å². The van der Waals surface area contributed by atoms with E-state index < -0.39 is 79.3 Å². The number of hydrogen-bond donors (Lipinski definition) is 6. The van der Waals surface area contributed by atoms with Crippen LogP contribution in [0.15, 0.2) is 0 Å². The maximum atomic E-state index is 11.6. The van der Waals surface area contributed by atoms with E-state index in [0.29, 0.717) is 0 Å². The summed E-state index contributed by atoms with van der Waals surface area (Å²) in [6, 6.07) is -0.660. The Kier molecular flexibility index (Phi) is 5.93. The van der Waals surface area contributed by atoms with Crippen molar-refractivity contribution in [2.75, 3.05) is 6.61 Å². The molecule has 3 rings (SSSR count). The summed E-state index contributed by atoms with van der Waals surface area (Å²) in [4.78, 5) is 24.3. The maximum Gasteiger partial charge on any atom is 0.335 e. The molecule has 6 N–H and O–H groups in total. The average Bonchev–Trinajstić information content (AvgIpc) is 3.36. The summed E-state index contributed by atoms with van der Waals surface area (Å²) in [6.07, 6.45) is -12.6. The van der Waals surface area contributed by atoms with E-state index in [1.54, 1.807) is 0 Å². The first-order chi connectivity index (χ1) is 13.4. The van der Waals surface area contributed by atoms with E-state index >= 15 is 0 Å². The zero-order valence-corrected chi connectivity index (χ0v) is 16.2. The van der Waals surface area contributed by atoms with Crippen molar-refractivity contribution in [2.24, 2.45) is 0 Å². The van der Waals surface area contributed by atoms with Crippen LogP contribution < -0.4 is 0 Å². The molecule has 0 aromatic carbocycles. The van der Waals surface area contributed by atoms with E-state index in [-0.39, 0.29) is 5.91 Å². The van der Waals surface area contributed by atoms with E-state index in [4.69, 9.17) is 14.2 Å². The molecule has 166 valence electrons. The van der Waals surface area contributed by atoms with Crippen molar-refractivity contribution in [1.29, 1.82) is 0 Å². The number of rotatable bonds is 5. The highest BCUT2D eigenvalue weighted by molar-refractivity contribution is 5.77. The Balaban J connectivity index is 1.80. The van der Waals surface area contributed by atoms with Crippen molar-refractivity contribution in [3.05, 3.63) is 0 Å². The van der Waals surface area contributed by atoms with Crippen molar-refractivity contribution in [3.8, 4) is 0 Å². The number of aliphatic carboxylic acids is 1. The largest absolute Gasteiger partial charge is 0.479 e. The Morgan fingerprint density at radius 1 is 1.03 bits per heavy atom. The average molecular weight is 421 g/mol. The predicted octanol–water partition coefficient (Wildman–Crippen LogP) is -3.61. The predicted molar refractivity (Wildman–Crippen MR) is 91.3 cm³/mol. The third-order valence-corrected chi connectivity index (χ3v) is 5.69. The van der Waals surface area contributed by atoms with E-state index in [0.717, 1.165) is 0 Å². The molecule has 12 heteroatoms. The number of fused-ring (bicyclic) bond motifs is 1. The molecule has 3 fully saturated rings. The molecule has 1 amide bonds. The highest BCUT2D eigenvalue weighted by Crippen LogP contribution is 2.42. The number of carbonyl (C=O) groups is 2. The Bertz CT molecular complexity index is 657. The fourth-order valence-corrected chi connectivity index (χ4v) is 4.13. The van der Waals surface area contributed by atoms with E-state index in [9.17, 15) is 40.2 Å². The molecule has 10 atom stereocenters. The quantitative estimate of drug-likeness (QED) is 0.241. The molecule has 3 aliphatic rings. The topological polar surface area (TPSA) is 186 Å². The SMILES string of the molecule is CC(=O)N1C2OC(CO)C(OC(C)(C)C3OC(C(=O)O)C(O)C(O)C3O)C(O)C21. The van der Waals surface area contributed by atoms with Crippen molar-refractivity contribution in [3.63, 3.8) is 0 Å². The van der Waals surface area contributed by atoms with Crippen molar-refractivity contribution >= 4 is 11.9 Å². The lowest BCUT2D eigenvalue weighted by Crippen LogP contribution is -2.66. The summed E-state index contributed by atoms with van der Waals surface area (Å²) in [6.45, 7) is 3.66.